The fraction of sp³-hybridized carbons (Fsp3) is 0.346. The molecule has 0 spiro atoms. The number of pyridine rings is 1. The average Bonchev–Trinajstić information content (AvgIpc) is 3.36. The highest BCUT2D eigenvalue weighted by atomic mass is 35.5. The summed E-state index contributed by atoms with van der Waals surface area (Å²) in [6.45, 7) is 3.63. The van der Waals surface area contributed by atoms with Gasteiger partial charge in [-0.3, -0.25) is 4.31 Å². The fourth-order valence-corrected chi connectivity index (χ4v) is 5.41. The molecule has 1 aromatic heterocycles. The predicted octanol–water partition coefficient (Wildman–Crippen LogP) is 6.50. The molecule has 0 bridgehead atoms. The molecular formula is C26H27ClF3N3O3S. The first kappa shape index (κ1) is 27.2. The Labute approximate surface area is 223 Å². The second-order valence-corrected chi connectivity index (χ2v) is 9.68. The Hall–Kier alpha value is -2.82. The monoisotopic (exact) mass is 553 g/mol. The lowest BCUT2D eigenvalue weighted by atomic mass is 10.2. The Morgan fingerprint density at radius 3 is 2.65 bits per heavy atom. The molecule has 1 atom stereocenters. The van der Waals surface area contributed by atoms with Crippen molar-refractivity contribution in [1.29, 1.82) is 0 Å². The Balaban J connectivity index is 1.67. The van der Waals surface area contributed by atoms with Crippen LogP contribution in [0.15, 0.2) is 47.4 Å². The van der Waals surface area contributed by atoms with Gasteiger partial charge in [0, 0.05) is 37.4 Å². The van der Waals surface area contributed by atoms with Gasteiger partial charge in [-0.1, -0.05) is 17.7 Å². The molecule has 198 valence electrons. The first-order valence-electron chi connectivity index (χ1n) is 11.7. The molecule has 4 rings (SSSR count). The number of benzene rings is 2. The van der Waals surface area contributed by atoms with E-state index in [0.717, 1.165) is 18.4 Å². The summed E-state index contributed by atoms with van der Waals surface area (Å²) < 4.78 is 62.8. The topological polar surface area (TPSA) is 47.1 Å². The molecule has 0 aliphatic carbocycles. The maximum atomic E-state index is 15.5. The van der Waals surface area contributed by atoms with Gasteiger partial charge in [0.2, 0.25) is 5.95 Å². The number of halogens is 4. The van der Waals surface area contributed by atoms with Crippen LogP contribution < -0.4 is 18.7 Å². The van der Waals surface area contributed by atoms with Crippen molar-refractivity contribution in [2.45, 2.75) is 30.9 Å². The minimum Gasteiger partial charge on any atom is -0.497 e. The van der Waals surface area contributed by atoms with Crippen molar-refractivity contribution >= 4 is 35.1 Å². The molecule has 1 aliphatic heterocycles. The van der Waals surface area contributed by atoms with Gasteiger partial charge in [0.05, 0.1) is 32.6 Å². The standard InChI is InChI=1S/C26H27ClF3N3O3S/c1-4-36-18-10-11-32(15-18)20-13-19(28)26(25(30)24(20)27)37-33(23-7-5-6-22(29)31-23)14-16-8-9-17(34-2)12-21(16)35-3/h5-9,12-13,18H,4,10-11,14-15H2,1-3H3. The zero-order valence-corrected chi connectivity index (χ0v) is 22.2. The van der Waals surface area contributed by atoms with E-state index in [9.17, 15) is 4.39 Å². The van der Waals surface area contributed by atoms with Crippen LogP contribution in [0.25, 0.3) is 0 Å². The van der Waals surface area contributed by atoms with Crippen molar-refractivity contribution in [3.05, 3.63) is 70.6 Å². The molecule has 1 saturated heterocycles. The summed E-state index contributed by atoms with van der Waals surface area (Å²) in [5.41, 5.74) is 0.944. The third-order valence-corrected chi connectivity index (χ3v) is 7.40. The molecule has 11 heteroatoms. The lowest BCUT2D eigenvalue weighted by molar-refractivity contribution is 0.0787. The molecule has 0 amide bonds. The van der Waals surface area contributed by atoms with Crippen molar-refractivity contribution in [3.8, 4) is 11.5 Å². The van der Waals surface area contributed by atoms with Gasteiger partial charge in [-0.15, -0.1) is 0 Å². The summed E-state index contributed by atoms with van der Waals surface area (Å²) in [6, 6.07) is 10.6. The van der Waals surface area contributed by atoms with Crippen molar-refractivity contribution in [2.24, 2.45) is 0 Å². The highest BCUT2D eigenvalue weighted by Crippen LogP contribution is 2.41. The van der Waals surface area contributed by atoms with Crippen LogP contribution in [0.2, 0.25) is 5.02 Å². The molecular weight excluding hydrogens is 527 g/mol. The number of aromatic nitrogens is 1. The number of hydrogen-bond acceptors (Lipinski definition) is 7. The van der Waals surface area contributed by atoms with E-state index < -0.39 is 17.6 Å². The van der Waals surface area contributed by atoms with Crippen LogP contribution in [-0.2, 0) is 11.3 Å². The maximum Gasteiger partial charge on any atom is 0.214 e. The van der Waals surface area contributed by atoms with E-state index >= 15 is 8.78 Å². The predicted molar refractivity (Wildman–Crippen MR) is 139 cm³/mol. The van der Waals surface area contributed by atoms with Gasteiger partial charge >= 0.3 is 0 Å². The molecule has 1 unspecified atom stereocenters. The van der Waals surface area contributed by atoms with E-state index in [1.165, 1.54) is 36.7 Å². The van der Waals surface area contributed by atoms with Gasteiger partial charge in [0.15, 0.2) is 5.82 Å². The minimum absolute atomic E-state index is 0.0183. The zero-order chi connectivity index (χ0) is 26.5. The normalized spacial score (nSPS) is 15.2. The molecule has 1 aliphatic rings. The molecule has 1 fully saturated rings. The minimum atomic E-state index is -0.898. The molecule has 0 N–H and O–H groups in total. The second-order valence-electron chi connectivity index (χ2n) is 8.27. The van der Waals surface area contributed by atoms with Gasteiger partial charge in [-0.05, 0) is 49.6 Å². The summed E-state index contributed by atoms with van der Waals surface area (Å²) in [6.07, 6.45) is 0.724. The van der Waals surface area contributed by atoms with Crippen LogP contribution in [-0.4, -0.2) is 45.0 Å². The average molecular weight is 554 g/mol. The Morgan fingerprint density at radius 1 is 1.14 bits per heavy atom. The maximum absolute atomic E-state index is 15.5. The smallest absolute Gasteiger partial charge is 0.214 e. The van der Waals surface area contributed by atoms with E-state index in [1.807, 2.05) is 11.8 Å². The summed E-state index contributed by atoms with van der Waals surface area (Å²) in [7, 11) is 3.04. The second kappa shape index (κ2) is 12.1. The molecule has 0 saturated carbocycles. The van der Waals surface area contributed by atoms with Gasteiger partial charge in [-0.2, -0.15) is 4.39 Å². The first-order valence-corrected chi connectivity index (χ1v) is 12.8. The van der Waals surface area contributed by atoms with Crippen LogP contribution in [0.1, 0.15) is 18.9 Å². The van der Waals surface area contributed by atoms with Crippen LogP contribution in [0.3, 0.4) is 0 Å². The third-order valence-electron chi connectivity index (χ3n) is 5.95. The Kier molecular flexibility index (Phi) is 8.94. The van der Waals surface area contributed by atoms with Crippen LogP contribution in [0, 0.1) is 17.6 Å². The molecule has 6 nitrogen and oxygen atoms in total. The fourth-order valence-electron chi connectivity index (χ4n) is 4.14. The van der Waals surface area contributed by atoms with E-state index in [4.69, 9.17) is 25.8 Å². The largest absolute Gasteiger partial charge is 0.497 e. The Bertz CT molecular complexity index is 1250. The number of ether oxygens (including phenoxy) is 3. The number of anilines is 2. The molecule has 0 radical (unpaired) electrons. The zero-order valence-electron chi connectivity index (χ0n) is 20.6. The van der Waals surface area contributed by atoms with Crippen LogP contribution in [0.5, 0.6) is 11.5 Å². The van der Waals surface area contributed by atoms with Gasteiger partial charge < -0.3 is 19.1 Å². The number of methoxy groups -OCH3 is 2. The summed E-state index contributed by atoms with van der Waals surface area (Å²) in [5.74, 6) is -1.17. The van der Waals surface area contributed by atoms with Gasteiger partial charge in [0.25, 0.3) is 0 Å². The highest BCUT2D eigenvalue weighted by Gasteiger charge is 2.29. The summed E-state index contributed by atoms with van der Waals surface area (Å²) >= 11 is 7.15. The lowest BCUT2D eigenvalue weighted by Crippen LogP contribution is -2.24. The third kappa shape index (κ3) is 6.19. The number of rotatable bonds is 10. The van der Waals surface area contributed by atoms with E-state index in [1.54, 1.807) is 24.3 Å². The SMILES string of the molecule is CCOC1CCN(c2cc(F)c(SN(Cc3ccc(OC)cc3OC)c3cccc(F)n3)c(F)c2Cl)C1. The van der Waals surface area contributed by atoms with Crippen molar-refractivity contribution < 1.29 is 27.4 Å². The first-order chi connectivity index (χ1) is 17.8. The van der Waals surface area contributed by atoms with Crippen molar-refractivity contribution in [1.82, 2.24) is 4.98 Å². The van der Waals surface area contributed by atoms with Gasteiger partial charge in [0.1, 0.15) is 33.1 Å². The van der Waals surface area contributed by atoms with Crippen molar-refractivity contribution in [2.75, 3.05) is 43.1 Å². The molecule has 2 aromatic carbocycles. The lowest BCUT2D eigenvalue weighted by Gasteiger charge is -2.25. The summed E-state index contributed by atoms with van der Waals surface area (Å²) in [4.78, 5) is 5.41. The molecule has 2 heterocycles. The van der Waals surface area contributed by atoms with Crippen LogP contribution >= 0.6 is 23.5 Å². The Morgan fingerprint density at radius 2 is 1.95 bits per heavy atom. The molecule has 37 heavy (non-hydrogen) atoms. The summed E-state index contributed by atoms with van der Waals surface area (Å²) in [5, 5.41) is -0.185. The quantitative estimate of drug-likeness (QED) is 0.161. The van der Waals surface area contributed by atoms with Crippen molar-refractivity contribution in [3.63, 3.8) is 0 Å². The number of hydrogen-bond donors (Lipinski definition) is 0. The van der Waals surface area contributed by atoms with E-state index in [0.29, 0.717) is 36.8 Å². The van der Waals surface area contributed by atoms with E-state index in [2.05, 4.69) is 4.98 Å². The van der Waals surface area contributed by atoms with Gasteiger partial charge in [-0.25, -0.2) is 13.8 Å². The number of nitrogens with zero attached hydrogens (tertiary/aromatic N) is 3. The highest BCUT2D eigenvalue weighted by molar-refractivity contribution is 8.00. The van der Waals surface area contributed by atoms with E-state index in [-0.39, 0.29) is 34.1 Å². The molecule has 3 aromatic rings. The van der Waals surface area contributed by atoms with Crippen LogP contribution in [0.4, 0.5) is 24.7 Å².